The van der Waals surface area contributed by atoms with E-state index in [-0.39, 0.29) is 11.4 Å². The van der Waals surface area contributed by atoms with Gasteiger partial charge in [0.15, 0.2) is 5.54 Å². The second kappa shape index (κ2) is 6.04. The molecule has 0 saturated carbocycles. The van der Waals surface area contributed by atoms with Gasteiger partial charge < -0.3 is 15.1 Å². The van der Waals surface area contributed by atoms with E-state index >= 15 is 0 Å². The first kappa shape index (κ1) is 16.7. The summed E-state index contributed by atoms with van der Waals surface area (Å²) in [5.74, 6) is -1.63. The number of halogens is 1. The molecule has 3 rings (SSSR count). The van der Waals surface area contributed by atoms with Crippen molar-refractivity contribution >= 4 is 23.5 Å². The van der Waals surface area contributed by atoms with Gasteiger partial charge in [0.2, 0.25) is 5.91 Å². The summed E-state index contributed by atoms with van der Waals surface area (Å²) in [6.45, 7) is 2.68. The Labute approximate surface area is 142 Å². The van der Waals surface area contributed by atoms with Crippen molar-refractivity contribution in [3.8, 4) is 0 Å². The fraction of sp³-hybridized carbons (Fsp3) is 0.235. The summed E-state index contributed by atoms with van der Waals surface area (Å²) in [6.07, 6.45) is 1.38. The number of furan rings is 1. The highest BCUT2D eigenvalue weighted by Gasteiger charge is 2.51. The van der Waals surface area contributed by atoms with Gasteiger partial charge >= 0.3 is 6.03 Å². The van der Waals surface area contributed by atoms with Crippen molar-refractivity contribution in [3.63, 3.8) is 0 Å². The van der Waals surface area contributed by atoms with Crippen molar-refractivity contribution in [2.45, 2.75) is 19.4 Å². The molecule has 2 heterocycles. The lowest BCUT2D eigenvalue weighted by Gasteiger charge is -2.18. The van der Waals surface area contributed by atoms with E-state index in [1.54, 1.807) is 25.1 Å². The van der Waals surface area contributed by atoms with E-state index in [2.05, 4.69) is 10.6 Å². The molecule has 0 radical (unpaired) electrons. The normalized spacial score (nSPS) is 19.9. The van der Waals surface area contributed by atoms with Crippen molar-refractivity contribution in [2.24, 2.45) is 0 Å². The summed E-state index contributed by atoms with van der Waals surface area (Å²) in [7, 11) is 0. The molecule has 1 saturated heterocycles. The smallest absolute Gasteiger partial charge is 0.325 e. The highest BCUT2D eigenvalue weighted by atomic mass is 19.1. The number of nitrogens with one attached hydrogen (secondary N) is 2. The molecule has 1 fully saturated rings. The molecule has 1 aliphatic rings. The Morgan fingerprint density at radius 1 is 1.36 bits per heavy atom. The first-order chi connectivity index (χ1) is 11.8. The van der Waals surface area contributed by atoms with Gasteiger partial charge in [-0.05, 0) is 43.7 Å². The Balaban J connectivity index is 1.73. The predicted octanol–water partition coefficient (Wildman–Crippen LogP) is 2.13. The van der Waals surface area contributed by atoms with Gasteiger partial charge in [-0.1, -0.05) is 6.07 Å². The van der Waals surface area contributed by atoms with Crippen LogP contribution in [0.1, 0.15) is 18.2 Å². The number of benzene rings is 1. The van der Waals surface area contributed by atoms with Crippen LogP contribution in [0, 0.1) is 12.7 Å². The van der Waals surface area contributed by atoms with Crippen LogP contribution in [0.15, 0.2) is 41.0 Å². The maximum Gasteiger partial charge on any atom is 0.325 e. The van der Waals surface area contributed by atoms with Crippen LogP contribution < -0.4 is 10.6 Å². The molecule has 0 aliphatic carbocycles. The van der Waals surface area contributed by atoms with Gasteiger partial charge in [0, 0.05) is 0 Å². The van der Waals surface area contributed by atoms with Crippen LogP contribution in [0.3, 0.4) is 0 Å². The van der Waals surface area contributed by atoms with Crippen molar-refractivity contribution < 1.29 is 23.2 Å². The first-order valence-electron chi connectivity index (χ1n) is 7.55. The van der Waals surface area contributed by atoms with E-state index in [4.69, 9.17) is 4.42 Å². The number of hydrogen-bond donors (Lipinski definition) is 2. The van der Waals surface area contributed by atoms with Gasteiger partial charge in [-0.25, -0.2) is 9.18 Å². The summed E-state index contributed by atoms with van der Waals surface area (Å²) < 4.78 is 19.0. The van der Waals surface area contributed by atoms with Gasteiger partial charge in [0.25, 0.3) is 5.91 Å². The maximum atomic E-state index is 13.8. The molecule has 1 aliphatic heterocycles. The van der Waals surface area contributed by atoms with Gasteiger partial charge in [-0.2, -0.15) is 0 Å². The van der Waals surface area contributed by atoms with Crippen LogP contribution in [0.4, 0.5) is 14.9 Å². The molecule has 25 heavy (non-hydrogen) atoms. The number of hydrogen-bond acceptors (Lipinski definition) is 4. The zero-order valence-electron chi connectivity index (χ0n) is 13.6. The minimum absolute atomic E-state index is 0.0172. The van der Waals surface area contributed by atoms with Gasteiger partial charge in [-0.15, -0.1) is 0 Å². The first-order valence-corrected chi connectivity index (χ1v) is 7.55. The molecular formula is C17H16FN3O4. The van der Waals surface area contributed by atoms with E-state index < -0.39 is 35.7 Å². The Morgan fingerprint density at radius 3 is 2.76 bits per heavy atom. The highest BCUT2D eigenvalue weighted by molar-refractivity contribution is 6.10. The number of aryl methyl sites for hydroxylation is 1. The van der Waals surface area contributed by atoms with Gasteiger partial charge in [-0.3, -0.25) is 14.5 Å². The summed E-state index contributed by atoms with van der Waals surface area (Å²) >= 11 is 0. The Morgan fingerprint density at radius 2 is 2.12 bits per heavy atom. The SMILES string of the molecule is Cc1ccc(NC(=O)CN2C(=O)NC(C)(c3ccco3)C2=O)c(F)c1. The van der Waals surface area contributed by atoms with Gasteiger partial charge in [0.05, 0.1) is 12.0 Å². The minimum Gasteiger partial charge on any atom is -0.466 e. The topological polar surface area (TPSA) is 91.7 Å². The lowest BCUT2D eigenvalue weighted by atomic mass is 9.99. The average Bonchev–Trinajstić information content (AvgIpc) is 3.15. The van der Waals surface area contributed by atoms with Crippen LogP contribution in [0.2, 0.25) is 0 Å². The summed E-state index contributed by atoms with van der Waals surface area (Å²) in [5, 5.41) is 4.87. The monoisotopic (exact) mass is 345 g/mol. The molecule has 1 unspecified atom stereocenters. The quantitative estimate of drug-likeness (QED) is 0.831. The van der Waals surface area contributed by atoms with E-state index in [9.17, 15) is 18.8 Å². The number of rotatable bonds is 4. The molecule has 7 nitrogen and oxygen atoms in total. The lowest BCUT2D eigenvalue weighted by Crippen LogP contribution is -2.41. The number of anilines is 1. The van der Waals surface area contributed by atoms with Crippen molar-refractivity contribution in [1.82, 2.24) is 10.2 Å². The van der Waals surface area contributed by atoms with Crippen LogP contribution in [0.25, 0.3) is 0 Å². The standard InChI is InChI=1S/C17H16FN3O4/c1-10-5-6-12(11(18)8-10)19-14(22)9-21-15(23)17(2,20-16(21)24)13-4-3-7-25-13/h3-8H,9H2,1-2H3,(H,19,22)(H,20,24). The number of nitrogens with zero attached hydrogens (tertiary/aromatic N) is 1. The molecule has 4 amide bonds. The minimum atomic E-state index is -1.38. The van der Waals surface area contributed by atoms with E-state index in [1.165, 1.54) is 25.3 Å². The van der Waals surface area contributed by atoms with Crippen molar-refractivity contribution in [1.29, 1.82) is 0 Å². The molecule has 2 N–H and O–H groups in total. The molecule has 130 valence electrons. The maximum absolute atomic E-state index is 13.8. The zero-order valence-corrected chi connectivity index (χ0v) is 13.6. The number of amides is 4. The Kier molecular flexibility index (Phi) is 4.03. The third kappa shape index (κ3) is 2.98. The third-order valence-corrected chi connectivity index (χ3v) is 3.99. The molecule has 1 atom stereocenters. The fourth-order valence-corrected chi connectivity index (χ4v) is 2.63. The molecule has 0 spiro atoms. The molecule has 8 heteroatoms. The Hall–Kier alpha value is -3.16. The number of carbonyl (C=O) groups is 3. The Bertz CT molecular complexity index is 850. The lowest BCUT2D eigenvalue weighted by molar-refractivity contribution is -0.134. The largest absolute Gasteiger partial charge is 0.466 e. The van der Waals surface area contributed by atoms with Crippen LogP contribution in [-0.2, 0) is 15.1 Å². The fourth-order valence-electron chi connectivity index (χ4n) is 2.63. The molecule has 0 bridgehead atoms. The average molecular weight is 345 g/mol. The zero-order chi connectivity index (χ0) is 18.2. The van der Waals surface area contributed by atoms with Crippen LogP contribution in [-0.4, -0.2) is 29.3 Å². The molecular weight excluding hydrogens is 329 g/mol. The van der Waals surface area contributed by atoms with E-state index in [1.807, 2.05) is 0 Å². The predicted molar refractivity (Wildman–Crippen MR) is 86.1 cm³/mol. The number of carbonyl (C=O) groups excluding carboxylic acids is 3. The molecule has 1 aromatic carbocycles. The second-order valence-corrected chi connectivity index (χ2v) is 5.96. The number of urea groups is 1. The molecule has 1 aromatic heterocycles. The summed E-state index contributed by atoms with van der Waals surface area (Å²) in [6, 6.07) is 6.77. The highest BCUT2D eigenvalue weighted by Crippen LogP contribution is 2.29. The van der Waals surface area contributed by atoms with E-state index in [0.29, 0.717) is 5.56 Å². The van der Waals surface area contributed by atoms with Gasteiger partial charge in [0.1, 0.15) is 18.1 Å². The van der Waals surface area contributed by atoms with E-state index in [0.717, 1.165) is 4.90 Å². The van der Waals surface area contributed by atoms with Crippen molar-refractivity contribution in [2.75, 3.05) is 11.9 Å². The summed E-state index contributed by atoms with van der Waals surface area (Å²) in [4.78, 5) is 37.5. The third-order valence-electron chi connectivity index (χ3n) is 3.99. The second-order valence-electron chi connectivity index (χ2n) is 5.96. The van der Waals surface area contributed by atoms with Crippen LogP contribution in [0.5, 0.6) is 0 Å². The number of imide groups is 1. The molecule has 2 aromatic rings. The van der Waals surface area contributed by atoms with Crippen molar-refractivity contribution in [3.05, 3.63) is 53.7 Å². The summed E-state index contributed by atoms with van der Waals surface area (Å²) in [5.41, 5.74) is -0.689. The van der Waals surface area contributed by atoms with Crippen LogP contribution >= 0.6 is 0 Å².